The first-order valence-corrected chi connectivity index (χ1v) is 16.3. The number of piperidine rings is 1. The van der Waals surface area contributed by atoms with Gasteiger partial charge >= 0.3 is 0 Å². The number of hydrogen-bond acceptors (Lipinski definition) is 6. The van der Waals surface area contributed by atoms with Gasteiger partial charge in [-0.25, -0.2) is 0 Å². The maximum atomic E-state index is 13.2. The monoisotopic (exact) mass is 501 g/mol. The Bertz CT molecular complexity index is 1010. The molecule has 0 spiro atoms. The number of benzene rings is 1. The normalized spacial score (nSPS) is 26.5. The van der Waals surface area contributed by atoms with Gasteiger partial charge in [0.05, 0.1) is 0 Å². The lowest BCUT2D eigenvalue weighted by Gasteiger charge is -2.35. The third-order valence-electron chi connectivity index (χ3n) is 7.29. The van der Waals surface area contributed by atoms with E-state index in [-0.39, 0.29) is 48.4 Å². The lowest BCUT2D eigenvalue weighted by Crippen LogP contribution is -2.55. The molecule has 1 saturated carbocycles. The van der Waals surface area contributed by atoms with Gasteiger partial charge in [0.1, 0.15) is 24.6 Å². The van der Waals surface area contributed by atoms with Gasteiger partial charge in [-0.3, -0.25) is 19.3 Å². The molecule has 1 saturated heterocycles. The fourth-order valence-corrected chi connectivity index (χ4v) is 6.03. The summed E-state index contributed by atoms with van der Waals surface area (Å²) in [4.78, 5) is 41.6. The highest BCUT2D eigenvalue weighted by atomic mass is 28.3. The molecule has 1 aromatic carbocycles. The highest BCUT2D eigenvalue weighted by Crippen LogP contribution is 2.39. The standard InChI is InChI=1S/C26H39N3O5Si/c1-26(2)13-20(27)22(14-26)34-18-6-7-19-17(12-18)15-28(24(19)31)21-8-9-23(30)29(25(21)32)16-33-10-11-35(3,4)5/h6-7,12,20-22H,8-11,13-16,27H2,1-5H3/t20-,21?,22-/m1/s1. The van der Waals surface area contributed by atoms with E-state index in [1.165, 1.54) is 4.90 Å². The van der Waals surface area contributed by atoms with E-state index in [1.807, 2.05) is 12.1 Å². The number of likely N-dealkylation sites (tertiary alicyclic amines) is 1. The molecule has 35 heavy (non-hydrogen) atoms. The average Bonchev–Trinajstić information content (AvgIpc) is 3.20. The molecule has 3 aliphatic rings. The van der Waals surface area contributed by atoms with Crippen LogP contribution in [0.4, 0.5) is 0 Å². The molecule has 0 bridgehead atoms. The number of carbonyl (C=O) groups excluding carboxylic acids is 3. The second-order valence-electron chi connectivity index (χ2n) is 12.2. The van der Waals surface area contributed by atoms with Crippen molar-refractivity contribution in [3.8, 4) is 5.75 Å². The third-order valence-corrected chi connectivity index (χ3v) is 9.00. The maximum absolute atomic E-state index is 13.2. The smallest absolute Gasteiger partial charge is 0.255 e. The summed E-state index contributed by atoms with van der Waals surface area (Å²) in [5.41, 5.74) is 7.86. The minimum Gasteiger partial charge on any atom is -0.489 e. The summed E-state index contributed by atoms with van der Waals surface area (Å²) in [5, 5.41) is 0. The van der Waals surface area contributed by atoms with Gasteiger partial charge in [0.15, 0.2) is 0 Å². The Hall–Kier alpha value is -2.23. The van der Waals surface area contributed by atoms with Gasteiger partial charge < -0.3 is 20.1 Å². The van der Waals surface area contributed by atoms with Crippen LogP contribution in [0.5, 0.6) is 5.75 Å². The fraction of sp³-hybridized carbons (Fsp3) is 0.654. The molecule has 9 heteroatoms. The van der Waals surface area contributed by atoms with Crippen molar-refractivity contribution in [1.82, 2.24) is 9.80 Å². The highest BCUT2D eigenvalue weighted by Gasteiger charge is 2.43. The van der Waals surface area contributed by atoms with Gasteiger partial charge in [-0.15, -0.1) is 0 Å². The van der Waals surface area contributed by atoms with Crippen LogP contribution < -0.4 is 10.5 Å². The van der Waals surface area contributed by atoms with Crippen LogP contribution in [-0.4, -0.2) is 67.1 Å². The van der Waals surface area contributed by atoms with Crippen molar-refractivity contribution in [3.05, 3.63) is 29.3 Å². The van der Waals surface area contributed by atoms with Crippen LogP contribution in [0, 0.1) is 5.41 Å². The number of ether oxygens (including phenoxy) is 2. The van der Waals surface area contributed by atoms with Crippen molar-refractivity contribution in [2.75, 3.05) is 13.3 Å². The van der Waals surface area contributed by atoms with Crippen LogP contribution in [0.3, 0.4) is 0 Å². The van der Waals surface area contributed by atoms with Crippen LogP contribution in [0.25, 0.3) is 0 Å². The summed E-state index contributed by atoms with van der Waals surface area (Å²) in [6.45, 7) is 11.9. The molecule has 0 aromatic heterocycles. The first-order valence-electron chi connectivity index (χ1n) is 12.6. The van der Waals surface area contributed by atoms with Crippen molar-refractivity contribution < 1.29 is 23.9 Å². The van der Waals surface area contributed by atoms with E-state index in [0.29, 0.717) is 30.9 Å². The van der Waals surface area contributed by atoms with E-state index < -0.39 is 14.1 Å². The molecular formula is C26H39N3O5Si. The topological polar surface area (TPSA) is 102 Å². The molecule has 8 nitrogen and oxygen atoms in total. The van der Waals surface area contributed by atoms with Crippen molar-refractivity contribution in [1.29, 1.82) is 0 Å². The van der Waals surface area contributed by atoms with Gasteiger partial charge in [-0.2, -0.15) is 0 Å². The van der Waals surface area contributed by atoms with Gasteiger partial charge in [0.2, 0.25) is 5.91 Å². The van der Waals surface area contributed by atoms with Crippen molar-refractivity contribution >= 4 is 25.8 Å². The quantitative estimate of drug-likeness (QED) is 0.333. The summed E-state index contributed by atoms with van der Waals surface area (Å²) >= 11 is 0. The lowest BCUT2D eigenvalue weighted by atomic mass is 9.92. The van der Waals surface area contributed by atoms with Crippen LogP contribution in [0.2, 0.25) is 25.7 Å². The predicted molar refractivity (Wildman–Crippen MR) is 136 cm³/mol. The SMILES string of the molecule is CC1(C)C[C@@H](N)[C@H](Oc2ccc3c(c2)CN(C2CCC(=O)N(COCC[Si](C)(C)C)C2=O)C3=O)C1. The van der Waals surface area contributed by atoms with E-state index in [1.54, 1.807) is 11.0 Å². The number of nitrogens with two attached hydrogens (primary N) is 1. The average molecular weight is 502 g/mol. The number of nitrogens with zero attached hydrogens (tertiary/aromatic N) is 2. The lowest BCUT2D eigenvalue weighted by molar-refractivity contribution is -0.158. The number of fused-ring (bicyclic) bond motifs is 1. The van der Waals surface area contributed by atoms with Gasteiger partial charge in [0, 0.05) is 39.3 Å². The number of rotatable bonds is 8. The van der Waals surface area contributed by atoms with E-state index in [4.69, 9.17) is 15.2 Å². The first-order chi connectivity index (χ1) is 16.3. The van der Waals surface area contributed by atoms with Crippen molar-refractivity contribution in [2.24, 2.45) is 11.1 Å². The zero-order chi connectivity index (χ0) is 25.5. The summed E-state index contributed by atoms with van der Waals surface area (Å²) < 4.78 is 11.9. The molecule has 192 valence electrons. The second-order valence-corrected chi connectivity index (χ2v) is 17.8. The minimum absolute atomic E-state index is 0.0206. The highest BCUT2D eigenvalue weighted by molar-refractivity contribution is 6.76. The molecule has 4 rings (SSSR count). The summed E-state index contributed by atoms with van der Waals surface area (Å²) in [7, 11) is -1.27. The number of amides is 3. The predicted octanol–water partition coefficient (Wildman–Crippen LogP) is 3.37. The second kappa shape index (κ2) is 9.67. The molecule has 1 unspecified atom stereocenters. The molecule has 2 aliphatic heterocycles. The molecular weight excluding hydrogens is 462 g/mol. The van der Waals surface area contributed by atoms with Crippen LogP contribution >= 0.6 is 0 Å². The molecule has 2 heterocycles. The summed E-state index contributed by atoms with van der Waals surface area (Å²) in [5.74, 6) is -0.0855. The van der Waals surface area contributed by atoms with Crippen LogP contribution in [0.15, 0.2) is 18.2 Å². The summed E-state index contributed by atoms with van der Waals surface area (Å²) in [6.07, 6.45) is 2.29. The van der Waals surface area contributed by atoms with Gasteiger partial charge in [-0.1, -0.05) is 33.5 Å². The van der Waals surface area contributed by atoms with Crippen molar-refractivity contribution in [2.45, 2.75) is 89.9 Å². The van der Waals surface area contributed by atoms with E-state index >= 15 is 0 Å². The fourth-order valence-electron chi connectivity index (χ4n) is 5.28. The Morgan fingerprint density at radius 3 is 2.54 bits per heavy atom. The van der Waals surface area contributed by atoms with E-state index in [2.05, 4.69) is 33.5 Å². The number of carbonyl (C=O) groups is 3. The van der Waals surface area contributed by atoms with E-state index in [9.17, 15) is 14.4 Å². The van der Waals surface area contributed by atoms with Gasteiger partial charge in [-0.05, 0) is 54.5 Å². The molecule has 3 amide bonds. The first kappa shape index (κ1) is 25.8. The number of imide groups is 1. The molecule has 1 aromatic rings. The van der Waals surface area contributed by atoms with Gasteiger partial charge in [0.25, 0.3) is 11.8 Å². The molecule has 2 N–H and O–H groups in total. The molecule has 0 radical (unpaired) electrons. The third kappa shape index (κ3) is 5.78. The molecule has 1 aliphatic carbocycles. The molecule has 3 atom stereocenters. The zero-order valence-corrected chi connectivity index (χ0v) is 22.6. The largest absolute Gasteiger partial charge is 0.489 e. The Balaban J connectivity index is 1.41. The summed E-state index contributed by atoms with van der Waals surface area (Å²) in [6, 6.07) is 5.74. The Labute approximate surface area is 209 Å². The Morgan fingerprint density at radius 1 is 1.14 bits per heavy atom. The van der Waals surface area contributed by atoms with Crippen LogP contribution in [-0.2, 0) is 20.9 Å². The Morgan fingerprint density at radius 2 is 1.89 bits per heavy atom. The number of hydrogen-bond donors (Lipinski definition) is 1. The molecule has 2 fully saturated rings. The zero-order valence-electron chi connectivity index (χ0n) is 21.6. The maximum Gasteiger partial charge on any atom is 0.255 e. The Kier molecular flexibility index (Phi) is 7.14. The van der Waals surface area contributed by atoms with Crippen LogP contribution in [0.1, 0.15) is 55.5 Å². The minimum atomic E-state index is -1.27. The van der Waals surface area contributed by atoms with Crippen molar-refractivity contribution in [3.63, 3.8) is 0 Å². The van der Waals surface area contributed by atoms with E-state index in [0.717, 1.165) is 24.4 Å².